The lowest BCUT2D eigenvalue weighted by Crippen LogP contribution is -2.57. The second kappa shape index (κ2) is 15.2. The molecule has 4 unspecified atom stereocenters. The fourth-order valence-electron chi connectivity index (χ4n) is 4.48. The molecule has 0 bridgehead atoms. The zero-order chi connectivity index (χ0) is 29.9. The third-order valence-electron chi connectivity index (χ3n) is 6.63. The van der Waals surface area contributed by atoms with E-state index in [9.17, 15) is 24.3 Å². The SMILES string of the molecule is CSCCC(NC(=O)C(N)Cc1cnc[nH]1)C(=O)NC(CC(C)C)C(=O)NC(Cc1c[nH]c2ccccc12)C(=O)O. The Morgan fingerprint density at radius 1 is 0.976 bits per heavy atom. The van der Waals surface area contributed by atoms with Gasteiger partial charge in [0.2, 0.25) is 17.7 Å². The Kier molecular flexibility index (Phi) is 11.8. The van der Waals surface area contributed by atoms with Crippen LogP contribution in [0.25, 0.3) is 10.9 Å². The molecule has 3 rings (SSSR count). The average molecular weight is 586 g/mol. The van der Waals surface area contributed by atoms with Gasteiger partial charge < -0.3 is 36.8 Å². The van der Waals surface area contributed by atoms with Crippen LogP contribution in [0, 0.1) is 5.92 Å². The number of aliphatic carboxylic acids is 1. The number of nitrogens with zero attached hydrogens (tertiary/aromatic N) is 1. The summed E-state index contributed by atoms with van der Waals surface area (Å²) in [6.45, 7) is 3.79. The van der Waals surface area contributed by atoms with Gasteiger partial charge >= 0.3 is 5.97 Å². The second-order valence-corrected chi connectivity index (χ2v) is 11.4. The number of para-hydroxylation sites is 1. The molecule has 2 aromatic heterocycles. The van der Waals surface area contributed by atoms with Crippen molar-refractivity contribution < 1.29 is 24.3 Å². The summed E-state index contributed by atoms with van der Waals surface area (Å²) in [5, 5.41) is 18.8. The number of benzene rings is 1. The van der Waals surface area contributed by atoms with Crippen LogP contribution >= 0.6 is 11.8 Å². The van der Waals surface area contributed by atoms with Crippen LogP contribution in [-0.2, 0) is 32.0 Å². The second-order valence-electron chi connectivity index (χ2n) is 10.4. The van der Waals surface area contributed by atoms with Crippen molar-refractivity contribution in [3.05, 3.63) is 54.2 Å². The highest BCUT2D eigenvalue weighted by Crippen LogP contribution is 2.19. The van der Waals surface area contributed by atoms with Crippen molar-refractivity contribution in [1.29, 1.82) is 0 Å². The number of hydrogen-bond donors (Lipinski definition) is 7. The van der Waals surface area contributed by atoms with Gasteiger partial charge in [-0.05, 0) is 42.4 Å². The number of aromatic amines is 2. The largest absolute Gasteiger partial charge is 0.480 e. The zero-order valence-electron chi connectivity index (χ0n) is 23.5. The topological polar surface area (TPSA) is 195 Å². The van der Waals surface area contributed by atoms with Crippen LogP contribution in [0.1, 0.15) is 37.9 Å². The van der Waals surface area contributed by atoms with Gasteiger partial charge in [0.25, 0.3) is 0 Å². The molecular weight excluding hydrogens is 546 g/mol. The monoisotopic (exact) mass is 585 g/mol. The first kappa shape index (κ1) is 31.7. The number of nitrogens with two attached hydrogens (primary N) is 1. The maximum absolute atomic E-state index is 13.4. The summed E-state index contributed by atoms with van der Waals surface area (Å²) < 4.78 is 0. The molecule has 41 heavy (non-hydrogen) atoms. The van der Waals surface area contributed by atoms with Crippen molar-refractivity contribution in [3.63, 3.8) is 0 Å². The van der Waals surface area contributed by atoms with E-state index in [1.54, 1.807) is 12.4 Å². The van der Waals surface area contributed by atoms with Crippen molar-refractivity contribution in [2.24, 2.45) is 11.7 Å². The molecule has 8 N–H and O–H groups in total. The van der Waals surface area contributed by atoms with Crippen molar-refractivity contribution in [2.75, 3.05) is 12.0 Å². The number of hydrogen-bond acceptors (Lipinski definition) is 7. The molecule has 3 aromatic rings. The van der Waals surface area contributed by atoms with Crippen LogP contribution < -0.4 is 21.7 Å². The van der Waals surface area contributed by atoms with E-state index < -0.39 is 47.9 Å². The summed E-state index contributed by atoms with van der Waals surface area (Å²) in [4.78, 5) is 61.5. The number of carbonyl (C=O) groups excluding carboxylic acids is 3. The summed E-state index contributed by atoms with van der Waals surface area (Å²) >= 11 is 1.51. The van der Waals surface area contributed by atoms with Gasteiger partial charge in [-0.2, -0.15) is 11.8 Å². The lowest BCUT2D eigenvalue weighted by atomic mass is 10.0. The van der Waals surface area contributed by atoms with Crippen LogP contribution in [0.2, 0.25) is 0 Å². The molecule has 2 heterocycles. The van der Waals surface area contributed by atoms with Crippen LogP contribution in [0.4, 0.5) is 0 Å². The number of rotatable bonds is 16. The number of imidazole rings is 1. The summed E-state index contributed by atoms with van der Waals surface area (Å²) in [7, 11) is 0. The Morgan fingerprint density at radius 3 is 2.32 bits per heavy atom. The zero-order valence-corrected chi connectivity index (χ0v) is 24.3. The van der Waals surface area contributed by atoms with Gasteiger partial charge in [-0.15, -0.1) is 0 Å². The molecule has 13 heteroatoms. The van der Waals surface area contributed by atoms with E-state index in [0.717, 1.165) is 16.5 Å². The lowest BCUT2D eigenvalue weighted by molar-refractivity contribution is -0.142. The summed E-state index contributed by atoms with van der Waals surface area (Å²) in [5.74, 6) is -2.23. The molecule has 1 aromatic carbocycles. The fourth-order valence-corrected chi connectivity index (χ4v) is 4.95. The molecule has 0 radical (unpaired) electrons. The van der Waals surface area contributed by atoms with Crippen LogP contribution in [0.5, 0.6) is 0 Å². The van der Waals surface area contributed by atoms with Crippen molar-refractivity contribution >= 4 is 46.4 Å². The number of thioether (sulfide) groups is 1. The van der Waals surface area contributed by atoms with Crippen molar-refractivity contribution in [1.82, 2.24) is 30.9 Å². The third-order valence-corrected chi connectivity index (χ3v) is 7.27. The van der Waals surface area contributed by atoms with E-state index in [-0.39, 0.29) is 25.2 Å². The summed E-state index contributed by atoms with van der Waals surface area (Å²) in [6, 6.07) is 3.47. The highest BCUT2D eigenvalue weighted by atomic mass is 32.2. The fraction of sp³-hybridized carbons (Fsp3) is 0.464. The molecule has 0 fully saturated rings. The maximum atomic E-state index is 13.4. The Bertz CT molecular complexity index is 1310. The molecule has 222 valence electrons. The first-order valence-corrected chi connectivity index (χ1v) is 14.9. The van der Waals surface area contributed by atoms with Gasteiger partial charge in [-0.3, -0.25) is 14.4 Å². The normalized spacial score (nSPS) is 14.3. The number of amides is 3. The molecule has 0 aliphatic heterocycles. The molecule has 4 atom stereocenters. The van der Waals surface area contributed by atoms with E-state index in [2.05, 4.69) is 30.9 Å². The highest BCUT2D eigenvalue weighted by molar-refractivity contribution is 7.98. The number of carboxylic acid groups (broad SMARTS) is 1. The quantitative estimate of drug-likeness (QED) is 0.131. The third kappa shape index (κ3) is 9.35. The number of carbonyl (C=O) groups is 4. The van der Waals surface area contributed by atoms with Crippen molar-refractivity contribution in [2.45, 2.75) is 63.7 Å². The smallest absolute Gasteiger partial charge is 0.326 e. The highest BCUT2D eigenvalue weighted by Gasteiger charge is 2.31. The minimum atomic E-state index is -1.21. The summed E-state index contributed by atoms with van der Waals surface area (Å²) in [6.07, 6.45) is 7.56. The number of aromatic nitrogens is 3. The molecule has 0 saturated carbocycles. The van der Waals surface area contributed by atoms with Gasteiger partial charge in [0.05, 0.1) is 12.4 Å². The van der Waals surface area contributed by atoms with Gasteiger partial charge in [0.15, 0.2) is 0 Å². The van der Waals surface area contributed by atoms with E-state index in [4.69, 9.17) is 5.73 Å². The van der Waals surface area contributed by atoms with E-state index in [1.807, 2.05) is 44.4 Å². The van der Waals surface area contributed by atoms with Gasteiger partial charge in [-0.1, -0.05) is 32.0 Å². The van der Waals surface area contributed by atoms with Crippen molar-refractivity contribution in [3.8, 4) is 0 Å². The van der Waals surface area contributed by atoms with Gasteiger partial charge in [0, 0.05) is 41.8 Å². The number of H-pyrrole nitrogens is 2. The average Bonchev–Trinajstić information content (AvgIpc) is 3.59. The predicted octanol–water partition coefficient (Wildman–Crippen LogP) is 1.34. The van der Waals surface area contributed by atoms with E-state index in [1.165, 1.54) is 18.1 Å². The number of fused-ring (bicyclic) bond motifs is 1. The predicted molar refractivity (Wildman–Crippen MR) is 158 cm³/mol. The van der Waals surface area contributed by atoms with E-state index in [0.29, 0.717) is 17.9 Å². The summed E-state index contributed by atoms with van der Waals surface area (Å²) in [5.41, 5.74) is 8.36. The molecule has 0 aliphatic rings. The van der Waals surface area contributed by atoms with Gasteiger partial charge in [-0.25, -0.2) is 9.78 Å². The van der Waals surface area contributed by atoms with Crippen LogP contribution in [0.3, 0.4) is 0 Å². The molecule has 12 nitrogen and oxygen atoms in total. The van der Waals surface area contributed by atoms with Gasteiger partial charge in [0.1, 0.15) is 18.1 Å². The Hall–Kier alpha value is -3.84. The molecule has 0 spiro atoms. The Labute approximate surface area is 243 Å². The number of carboxylic acids is 1. The minimum absolute atomic E-state index is 0.0185. The van der Waals surface area contributed by atoms with E-state index >= 15 is 0 Å². The molecule has 3 amide bonds. The first-order valence-electron chi connectivity index (χ1n) is 13.5. The molecule has 0 saturated heterocycles. The first-order chi connectivity index (χ1) is 19.6. The minimum Gasteiger partial charge on any atom is -0.480 e. The Balaban J connectivity index is 1.70. The standard InChI is InChI=1S/C28H39N7O5S/c1-16(2)10-23(27(38)35-24(28(39)40)11-17-13-31-21-7-5-4-6-19(17)21)34-26(37)22(8-9-41-3)33-25(36)20(29)12-18-14-30-15-32-18/h4-7,13-16,20,22-24,31H,8-12,29H2,1-3H3,(H,30,32)(H,33,36)(H,34,37)(H,35,38)(H,39,40). The maximum Gasteiger partial charge on any atom is 0.326 e. The van der Waals surface area contributed by atoms with Crippen LogP contribution in [0.15, 0.2) is 43.0 Å². The van der Waals surface area contributed by atoms with Crippen LogP contribution in [-0.4, -0.2) is 79.9 Å². The lowest BCUT2D eigenvalue weighted by Gasteiger charge is -2.26. The Morgan fingerprint density at radius 2 is 1.66 bits per heavy atom. The molecule has 0 aliphatic carbocycles. The molecular formula is C28H39N7O5S. The number of nitrogens with one attached hydrogen (secondary N) is 5.